The highest BCUT2D eigenvalue weighted by Crippen LogP contribution is 2.19. The number of carbonyl (C=O) groups is 2. The van der Waals surface area contributed by atoms with Crippen LogP contribution in [0.25, 0.3) is 0 Å². The first-order valence-electron chi connectivity index (χ1n) is 7.02. The molecule has 1 N–H and O–H groups in total. The van der Waals surface area contributed by atoms with Crippen LogP contribution in [0.5, 0.6) is 5.75 Å². The van der Waals surface area contributed by atoms with Crippen LogP contribution in [0, 0.1) is 17.1 Å². The van der Waals surface area contributed by atoms with Crippen molar-refractivity contribution in [3.05, 3.63) is 58.9 Å². The van der Waals surface area contributed by atoms with Crippen LogP contribution in [0.1, 0.15) is 5.56 Å². The fourth-order valence-corrected chi connectivity index (χ4v) is 1.96. The third kappa shape index (κ3) is 5.48. The normalized spacial score (nSPS) is 9.80. The molecule has 0 aliphatic heterocycles. The van der Waals surface area contributed by atoms with Crippen LogP contribution in [-0.4, -0.2) is 25.1 Å². The van der Waals surface area contributed by atoms with E-state index in [1.165, 1.54) is 24.3 Å². The average Bonchev–Trinajstić information content (AvgIpc) is 2.61. The summed E-state index contributed by atoms with van der Waals surface area (Å²) in [6, 6.07) is 12.0. The molecule has 0 aliphatic carbocycles. The highest BCUT2D eigenvalue weighted by atomic mass is 35.5. The number of para-hydroxylation sites is 1. The Morgan fingerprint density at radius 1 is 1.20 bits per heavy atom. The summed E-state index contributed by atoms with van der Waals surface area (Å²) < 4.78 is 23.4. The number of amides is 1. The largest absolute Gasteiger partial charge is 0.481 e. The number of benzene rings is 2. The first kappa shape index (κ1) is 18.2. The van der Waals surface area contributed by atoms with Gasteiger partial charge < -0.3 is 14.8 Å². The quantitative estimate of drug-likeness (QED) is 0.798. The summed E-state index contributed by atoms with van der Waals surface area (Å²) in [5.41, 5.74) is 0.150. The van der Waals surface area contributed by atoms with Gasteiger partial charge in [0.15, 0.2) is 13.2 Å². The number of halogens is 2. The number of rotatable bonds is 6. The number of anilines is 1. The molecule has 0 aromatic heterocycles. The second-order valence-electron chi connectivity index (χ2n) is 4.73. The van der Waals surface area contributed by atoms with Crippen LogP contribution in [0.4, 0.5) is 10.1 Å². The summed E-state index contributed by atoms with van der Waals surface area (Å²) in [6.07, 6.45) is 0. The smallest absolute Gasteiger partial charge is 0.344 e. The molecule has 0 aliphatic rings. The lowest BCUT2D eigenvalue weighted by molar-refractivity contribution is -0.149. The van der Waals surface area contributed by atoms with Gasteiger partial charge >= 0.3 is 5.97 Å². The summed E-state index contributed by atoms with van der Waals surface area (Å²) in [5.74, 6) is -1.98. The lowest BCUT2D eigenvalue weighted by Gasteiger charge is -2.09. The lowest BCUT2D eigenvalue weighted by atomic mass is 10.2. The molecule has 6 nitrogen and oxygen atoms in total. The second-order valence-corrected chi connectivity index (χ2v) is 5.17. The molecule has 0 saturated carbocycles. The molecular formula is C17H12ClFN2O4. The van der Waals surface area contributed by atoms with E-state index in [1.807, 2.05) is 6.07 Å². The summed E-state index contributed by atoms with van der Waals surface area (Å²) in [4.78, 5) is 23.3. The first-order valence-corrected chi connectivity index (χ1v) is 7.40. The van der Waals surface area contributed by atoms with E-state index >= 15 is 0 Å². The zero-order chi connectivity index (χ0) is 18.2. The first-order chi connectivity index (χ1) is 12.0. The van der Waals surface area contributed by atoms with E-state index in [-0.39, 0.29) is 22.0 Å². The van der Waals surface area contributed by atoms with E-state index in [4.69, 9.17) is 26.3 Å². The Hall–Kier alpha value is -3.11. The molecule has 2 rings (SSSR count). The molecule has 0 radical (unpaired) electrons. The maximum atomic E-state index is 13.5. The predicted molar refractivity (Wildman–Crippen MR) is 87.7 cm³/mol. The Labute approximate surface area is 147 Å². The summed E-state index contributed by atoms with van der Waals surface area (Å²) >= 11 is 5.71. The van der Waals surface area contributed by atoms with Gasteiger partial charge in [-0.25, -0.2) is 9.18 Å². The Morgan fingerprint density at radius 3 is 2.72 bits per heavy atom. The Bertz CT molecular complexity index is 836. The molecule has 2 aromatic carbocycles. The number of nitriles is 1. The third-order valence-electron chi connectivity index (χ3n) is 2.92. The van der Waals surface area contributed by atoms with E-state index in [1.54, 1.807) is 12.1 Å². The highest BCUT2D eigenvalue weighted by Gasteiger charge is 2.12. The van der Waals surface area contributed by atoms with Gasteiger partial charge in [0.2, 0.25) is 0 Å². The summed E-state index contributed by atoms with van der Waals surface area (Å²) in [7, 11) is 0. The molecule has 0 heterocycles. The van der Waals surface area contributed by atoms with E-state index in [0.29, 0.717) is 0 Å². The molecule has 0 fully saturated rings. The molecule has 8 heteroatoms. The third-order valence-corrected chi connectivity index (χ3v) is 3.15. The molecule has 0 unspecified atom stereocenters. The number of nitrogens with one attached hydrogen (secondary N) is 1. The zero-order valence-electron chi connectivity index (χ0n) is 12.8. The van der Waals surface area contributed by atoms with Gasteiger partial charge in [-0.3, -0.25) is 4.79 Å². The molecule has 1 amide bonds. The Morgan fingerprint density at radius 2 is 1.96 bits per heavy atom. The van der Waals surface area contributed by atoms with Crippen LogP contribution >= 0.6 is 11.6 Å². The van der Waals surface area contributed by atoms with E-state index in [9.17, 15) is 14.0 Å². The van der Waals surface area contributed by atoms with Gasteiger partial charge in [-0.1, -0.05) is 23.7 Å². The van der Waals surface area contributed by atoms with Crippen molar-refractivity contribution in [2.24, 2.45) is 0 Å². The monoisotopic (exact) mass is 362 g/mol. The van der Waals surface area contributed by atoms with Crippen LogP contribution in [0.15, 0.2) is 42.5 Å². The van der Waals surface area contributed by atoms with Gasteiger partial charge in [-0.15, -0.1) is 0 Å². The number of nitrogens with zero attached hydrogens (tertiary/aromatic N) is 1. The Balaban J connectivity index is 1.80. The number of carbonyl (C=O) groups excluding carboxylic acids is 2. The molecule has 2 aromatic rings. The summed E-state index contributed by atoms with van der Waals surface area (Å²) in [6.45, 7) is -1.09. The maximum Gasteiger partial charge on any atom is 0.344 e. The molecule has 0 bridgehead atoms. The molecular weight excluding hydrogens is 351 g/mol. The standard InChI is InChI=1S/C17H12ClFN2O4/c18-12-5-6-13(19)14(7-12)21-16(22)9-25-17(23)10-24-15-4-2-1-3-11(15)8-20/h1-7H,9-10H2,(H,21,22). The van der Waals surface area contributed by atoms with Crippen LogP contribution in [0.2, 0.25) is 5.02 Å². The van der Waals surface area contributed by atoms with Gasteiger partial charge in [-0.2, -0.15) is 5.26 Å². The molecule has 0 spiro atoms. The van der Waals surface area contributed by atoms with E-state index in [0.717, 1.165) is 6.07 Å². The van der Waals surface area contributed by atoms with Gasteiger partial charge in [-0.05, 0) is 30.3 Å². The lowest BCUT2D eigenvalue weighted by Crippen LogP contribution is -2.24. The number of esters is 1. The van der Waals surface area contributed by atoms with Gasteiger partial charge in [0.1, 0.15) is 17.6 Å². The van der Waals surface area contributed by atoms with Gasteiger partial charge in [0, 0.05) is 5.02 Å². The topological polar surface area (TPSA) is 88.4 Å². The van der Waals surface area contributed by atoms with Crippen molar-refractivity contribution in [3.63, 3.8) is 0 Å². The number of hydrogen-bond donors (Lipinski definition) is 1. The van der Waals surface area contributed by atoms with Crippen LogP contribution < -0.4 is 10.1 Å². The maximum absolute atomic E-state index is 13.5. The Kier molecular flexibility index (Phi) is 6.32. The molecule has 0 saturated heterocycles. The second kappa shape index (κ2) is 8.66. The average molecular weight is 363 g/mol. The van der Waals surface area contributed by atoms with Crippen molar-refractivity contribution in [3.8, 4) is 11.8 Å². The fraction of sp³-hybridized carbons (Fsp3) is 0.118. The van der Waals surface area contributed by atoms with Crippen molar-refractivity contribution in [1.82, 2.24) is 0 Å². The molecule has 128 valence electrons. The summed E-state index contributed by atoms with van der Waals surface area (Å²) in [5, 5.41) is 11.4. The fourth-order valence-electron chi connectivity index (χ4n) is 1.79. The van der Waals surface area contributed by atoms with Crippen molar-refractivity contribution in [1.29, 1.82) is 5.26 Å². The van der Waals surface area contributed by atoms with Crippen molar-refractivity contribution < 1.29 is 23.5 Å². The zero-order valence-corrected chi connectivity index (χ0v) is 13.5. The van der Waals surface area contributed by atoms with E-state index < -0.39 is 30.9 Å². The highest BCUT2D eigenvalue weighted by molar-refractivity contribution is 6.30. The number of hydrogen-bond acceptors (Lipinski definition) is 5. The van der Waals surface area contributed by atoms with Crippen LogP contribution in [0.3, 0.4) is 0 Å². The minimum Gasteiger partial charge on any atom is -0.481 e. The number of ether oxygens (including phenoxy) is 2. The van der Waals surface area contributed by atoms with Crippen molar-refractivity contribution in [2.45, 2.75) is 0 Å². The predicted octanol–water partition coefficient (Wildman–Crippen LogP) is 2.91. The van der Waals surface area contributed by atoms with Crippen molar-refractivity contribution >= 4 is 29.2 Å². The van der Waals surface area contributed by atoms with Gasteiger partial charge in [0.05, 0.1) is 11.3 Å². The van der Waals surface area contributed by atoms with Gasteiger partial charge in [0.25, 0.3) is 5.91 Å². The SMILES string of the molecule is N#Cc1ccccc1OCC(=O)OCC(=O)Nc1cc(Cl)ccc1F. The minimum atomic E-state index is -0.811. The van der Waals surface area contributed by atoms with Crippen LogP contribution in [-0.2, 0) is 14.3 Å². The molecule has 0 atom stereocenters. The van der Waals surface area contributed by atoms with E-state index in [2.05, 4.69) is 5.32 Å². The molecule has 25 heavy (non-hydrogen) atoms. The van der Waals surface area contributed by atoms with Crippen molar-refractivity contribution in [2.75, 3.05) is 18.5 Å². The minimum absolute atomic E-state index is 0.118.